The van der Waals surface area contributed by atoms with Crippen LogP contribution in [-0.2, 0) is 16.1 Å². The highest BCUT2D eigenvalue weighted by Crippen LogP contribution is 2.34. The van der Waals surface area contributed by atoms with Crippen LogP contribution in [0.2, 0.25) is 0 Å². The molecule has 0 radical (unpaired) electrons. The molecule has 1 spiro atoms. The van der Waals surface area contributed by atoms with Crippen LogP contribution in [0.1, 0.15) is 56.6 Å². The number of ether oxygens (including phenoxy) is 1. The number of amides is 2. The molecule has 3 aromatic rings. The van der Waals surface area contributed by atoms with Gasteiger partial charge in [0.05, 0.1) is 29.7 Å². The average Bonchev–Trinajstić information content (AvgIpc) is 3.44. The van der Waals surface area contributed by atoms with Crippen LogP contribution in [0.15, 0.2) is 36.7 Å². The predicted octanol–water partition coefficient (Wildman–Crippen LogP) is 2.58. The molecule has 13 nitrogen and oxygen atoms in total. The second-order valence-electron chi connectivity index (χ2n) is 12.3. The fourth-order valence-electron chi connectivity index (χ4n) is 6.35. The molecule has 1 atom stereocenters. The minimum absolute atomic E-state index is 0.0821. The van der Waals surface area contributed by atoms with Gasteiger partial charge in [-0.3, -0.25) is 14.5 Å². The minimum Gasteiger partial charge on any atom is -0.360 e. The van der Waals surface area contributed by atoms with E-state index >= 15 is 0 Å². The Bertz CT molecular complexity index is 1520. The molecule has 5 heterocycles. The highest BCUT2D eigenvalue weighted by Gasteiger charge is 2.46. The highest BCUT2D eigenvalue weighted by atomic mass is 16.5. The first-order chi connectivity index (χ1) is 21.2. The maximum atomic E-state index is 13.7. The summed E-state index contributed by atoms with van der Waals surface area (Å²) in [4.78, 5) is 43.3. The van der Waals surface area contributed by atoms with E-state index in [0.717, 1.165) is 43.0 Å². The van der Waals surface area contributed by atoms with Crippen molar-refractivity contribution in [3.63, 3.8) is 0 Å². The van der Waals surface area contributed by atoms with Crippen molar-refractivity contribution in [2.75, 3.05) is 61.4 Å². The Morgan fingerprint density at radius 2 is 1.89 bits per heavy atom. The van der Waals surface area contributed by atoms with Crippen molar-refractivity contribution in [1.82, 2.24) is 34.8 Å². The fraction of sp³-hybridized carbons (Fsp3) is 0.548. The number of anilines is 3. The number of likely N-dealkylation sites (tertiary alicyclic amines) is 1. The van der Waals surface area contributed by atoms with E-state index in [0.29, 0.717) is 50.1 Å². The number of aromatic nitrogens is 5. The van der Waals surface area contributed by atoms with Crippen molar-refractivity contribution in [3.05, 3.63) is 47.9 Å². The molecule has 0 bridgehead atoms. The van der Waals surface area contributed by atoms with Crippen LogP contribution in [0.4, 0.5) is 17.5 Å². The number of nitrogens with one attached hydrogen (secondary N) is 1. The average molecular weight is 603 g/mol. The molecule has 2 aromatic heterocycles. The molecule has 0 saturated carbocycles. The molecule has 2 amide bonds. The number of hydrogen-bond acceptors (Lipinski definition) is 10. The Hall–Kier alpha value is -4.10. The molecule has 2 fully saturated rings. The Morgan fingerprint density at radius 3 is 2.64 bits per heavy atom. The minimum atomic E-state index is -0.405. The van der Waals surface area contributed by atoms with Gasteiger partial charge in [0.1, 0.15) is 17.5 Å². The molecule has 44 heavy (non-hydrogen) atoms. The first-order valence-corrected chi connectivity index (χ1v) is 15.5. The van der Waals surface area contributed by atoms with Crippen molar-refractivity contribution >= 4 is 29.3 Å². The quantitative estimate of drug-likeness (QED) is 0.432. The summed E-state index contributed by atoms with van der Waals surface area (Å²) in [5, 5.41) is 12.0. The molecule has 3 aliphatic heterocycles. The van der Waals surface area contributed by atoms with Gasteiger partial charge in [-0.2, -0.15) is 4.98 Å². The van der Waals surface area contributed by atoms with E-state index in [1.54, 1.807) is 15.8 Å². The second kappa shape index (κ2) is 12.1. The Morgan fingerprint density at radius 1 is 1.11 bits per heavy atom. The molecule has 13 heteroatoms. The fourth-order valence-corrected chi connectivity index (χ4v) is 6.35. The van der Waals surface area contributed by atoms with E-state index in [1.165, 1.54) is 0 Å². The summed E-state index contributed by atoms with van der Waals surface area (Å²) in [7, 11) is 1.94. The van der Waals surface area contributed by atoms with Gasteiger partial charge in [-0.15, -0.1) is 5.10 Å². The lowest BCUT2D eigenvalue weighted by Gasteiger charge is -2.50. The summed E-state index contributed by atoms with van der Waals surface area (Å²) in [5.74, 6) is 1.08. The van der Waals surface area contributed by atoms with Crippen LogP contribution in [0.5, 0.6) is 0 Å². The predicted molar refractivity (Wildman–Crippen MR) is 167 cm³/mol. The SMILES string of the molecule is CCNc1ncc2c(n1)N(C)CCN(c1cccc(-n3cc(CN4CCC5(CC4)CN(C(C)C)C(=O)[C@@H](C)O5)nn3)c1)C2=O. The molecular formula is C31H42N10O3. The van der Waals surface area contributed by atoms with Crippen molar-refractivity contribution in [3.8, 4) is 5.69 Å². The summed E-state index contributed by atoms with van der Waals surface area (Å²) in [6.07, 6.45) is 4.89. The van der Waals surface area contributed by atoms with Gasteiger partial charge in [-0.1, -0.05) is 11.3 Å². The van der Waals surface area contributed by atoms with E-state index < -0.39 is 6.10 Å². The number of likely N-dealkylation sites (N-methyl/N-ethyl adjacent to an activating group) is 1. The van der Waals surface area contributed by atoms with E-state index in [1.807, 2.05) is 61.2 Å². The van der Waals surface area contributed by atoms with E-state index in [2.05, 4.69) is 44.3 Å². The summed E-state index contributed by atoms with van der Waals surface area (Å²) < 4.78 is 8.05. The van der Waals surface area contributed by atoms with E-state index in [-0.39, 0.29) is 23.5 Å². The van der Waals surface area contributed by atoms with E-state index in [9.17, 15) is 9.59 Å². The first kappa shape index (κ1) is 29.9. The molecule has 1 aromatic carbocycles. The van der Waals surface area contributed by atoms with Gasteiger partial charge in [0.15, 0.2) is 0 Å². The third-order valence-electron chi connectivity index (χ3n) is 8.84. The molecule has 0 aliphatic carbocycles. The van der Waals surface area contributed by atoms with Gasteiger partial charge < -0.3 is 24.8 Å². The molecule has 6 rings (SSSR count). The number of morpholine rings is 1. The summed E-state index contributed by atoms with van der Waals surface area (Å²) in [6, 6.07) is 7.95. The molecular weight excluding hydrogens is 560 g/mol. The van der Waals surface area contributed by atoms with Crippen molar-refractivity contribution < 1.29 is 14.3 Å². The zero-order valence-corrected chi connectivity index (χ0v) is 26.2. The second-order valence-corrected chi connectivity index (χ2v) is 12.3. The van der Waals surface area contributed by atoms with Gasteiger partial charge in [-0.05, 0) is 58.7 Å². The Labute approximate surface area is 258 Å². The van der Waals surface area contributed by atoms with Gasteiger partial charge in [-0.25, -0.2) is 9.67 Å². The third-order valence-corrected chi connectivity index (χ3v) is 8.84. The number of nitrogens with zero attached hydrogens (tertiary/aromatic N) is 9. The maximum absolute atomic E-state index is 13.7. The topological polar surface area (TPSA) is 125 Å². The number of carbonyl (C=O) groups excluding carboxylic acids is 2. The standard InChI is InChI=1S/C31H42N10O3/c1-6-32-30-33-17-26-27(34-30)37(5)14-15-39(29(26)43)24-8-7-9-25(16-24)41-19-23(35-36-41)18-38-12-10-31(11-13-38)20-40(21(2)3)28(42)22(4)44-31/h7-9,16-17,19,21-22H,6,10-15,18,20H2,1-5H3,(H,32,33,34)/t22-/m1/s1. The van der Waals surface area contributed by atoms with Crippen LogP contribution in [-0.4, -0.2) is 111 Å². The van der Waals surface area contributed by atoms with Crippen LogP contribution in [0, 0.1) is 0 Å². The molecule has 3 aliphatic rings. The molecule has 1 N–H and O–H groups in total. The maximum Gasteiger partial charge on any atom is 0.263 e. The molecule has 0 unspecified atom stereocenters. The van der Waals surface area contributed by atoms with Crippen LogP contribution >= 0.6 is 0 Å². The Kier molecular flexibility index (Phi) is 8.25. The lowest BCUT2D eigenvalue weighted by Crippen LogP contribution is -2.62. The van der Waals surface area contributed by atoms with Gasteiger partial charge in [0.2, 0.25) is 5.95 Å². The first-order valence-electron chi connectivity index (χ1n) is 15.5. The summed E-state index contributed by atoms with van der Waals surface area (Å²) >= 11 is 0. The van der Waals surface area contributed by atoms with Gasteiger partial charge in [0.25, 0.3) is 11.8 Å². The summed E-state index contributed by atoms with van der Waals surface area (Å²) in [6.45, 7) is 12.9. The van der Waals surface area contributed by atoms with Crippen LogP contribution < -0.4 is 15.1 Å². The van der Waals surface area contributed by atoms with Crippen LogP contribution in [0.25, 0.3) is 5.69 Å². The van der Waals surface area contributed by atoms with Crippen molar-refractivity contribution in [2.24, 2.45) is 0 Å². The van der Waals surface area contributed by atoms with Gasteiger partial charge >= 0.3 is 0 Å². The number of piperidine rings is 1. The zero-order valence-electron chi connectivity index (χ0n) is 26.2. The van der Waals surface area contributed by atoms with Crippen molar-refractivity contribution in [2.45, 2.75) is 64.8 Å². The normalized spacial score (nSPS) is 20.8. The monoisotopic (exact) mass is 602 g/mol. The zero-order chi connectivity index (χ0) is 31.0. The highest BCUT2D eigenvalue weighted by molar-refractivity contribution is 6.09. The molecule has 234 valence electrons. The third kappa shape index (κ3) is 5.85. The van der Waals surface area contributed by atoms with Crippen molar-refractivity contribution in [1.29, 1.82) is 0 Å². The van der Waals surface area contributed by atoms with Crippen LogP contribution in [0.3, 0.4) is 0 Å². The number of rotatable bonds is 7. The Balaban J connectivity index is 1.12. The van der Waals surface area contributed by atoms with Gasteiger partial charge in [0, 0.05) is 64.2 Å². The number of benzene rings is 1. The number of carbonyl (C=O) groups is 2. The lowest BCUT2D eigenvalue weighted by molar-refractivity contribution is -0.193. The largest absolute Gasteiger partial charge is 0.360 e. The molecule has 2 saturated heterocycles. The smallest absolute Gasteiger partial charge is 0.263 e. The lowest BCUT2D eigenvalue weighted by atomic mass is 9.88. The summed E-state index contributed by atoms with van der Waals surface area (Å²) in [5.41, 5.74) is 2.66. The number of fused-ring (bicyclic) bond motifs is 1. The van der Waals surface area contributed by atoms with E-state index in [4.69, 9.17) is 4.74 Å². The number of hydrogen-bond donors (Lipinski definition) is 1.